The van der Waals surface area contributed by atoms with Crippen LogP contribution >= 0.6 is 11.6 Å². The molecular formula is C17H16ClN3O3S. The van der Waals surface area contributed by atoms with Gasteiger partial charge in [-0.25, -0.2) is 13.1 Å². The number of halogens is 1. The van der Waals surface area contributed by atoms with Gasteiger partial charge in [0.05, 0.1) is 5.02 Å². The number of aryl methyl sites for hydroxylation is 1. The van der Waals surface area contributed by atoms with E-state index < -0.39 is 10.0 Å². The maximum atomic E-state index is 12.3. The largest absolute Gasteiger partial charge is 0.339 e. The Balaban J connectivity index is 1.65. The first kappa shape index (κ1) is 17.6. The fourth-order valence-corrected chi connectivity index (χ4v) is 3.87. The molecule has 25 heavy (non-hydrogen) atoms. The predicted octanol–water partition coefficient (Wildman–Crippen LogP) is 3.22. The molecule has 6 nitrogen and oxygen atoms in total. The topological polar surface area (TPSA) is 85.1 Å². The number of hydrogen-bond acceptors (Lipinski definition) is 5. The molecular weight excluding hydrogens is 362 g/mol. The number of aromatic nitrogens is 2. The lowest BCUT2D eigenvalue weighted by Gasteiger charge is -2.06. The minimum absolute atomic E-state index is 0.0443. The molecule has 0 aliphatic rings. The van der Waals surface area contributed by atoms with Gasteiger partial charge < -0.3 is 4.52 Å². The summed E-state index contributed by atoms with van der Waals surface area (Å²) in [5.41, 5.74) is 1.92. The van der Waals surface area contributed by atoms with E-state index in [0.717, 1.165) is 11.1 Å². The van der Waals surface area contributed by atoms with E-state index in [1.807, 2.05) is 31.2 Å². The Labute approximate surface area is 150 Å². The summed E-state index contributed by atoms with van der Waals surface area (Å²) in [6, 6.07) is 14.0. The van der Waals surface area contributed by atoms with Crippen LogP contribution in [0.4, 0.5) is 0 Å². The van der Waals surface area contributed by atoms with Crippen LogP contribution in [-0.2, 0) is 16.4 Å². The van der Waals surface area contributed by atoms with Gasteiger partial charge in [-0.1, -0.05) is 53.2 Å². The number of hydrogen-bond donors (Lipinski definition) is 1. The van der Waals surface area contributed by atoms with E-state index in [0.29, 0.717) is 11.7 Å². The van der Waals surface area contributed by atoms with Crippen molar-refractivity contribution in [3.05, 3.63) is 65.0 Å². The van der Waals surface area contributed by atoms with E-state index >= 15 is 0 Å². The highest BCUT2D eigenvalue weighted by Gasteiger charge is 2.17. The quantitative estimate of drug-likeness (QED) is 0.712. The first-order valence-corrected chi connectivity index (χ1v) is 9.46. The molecule has 0 aliphatic carbocycles. The first-order chi connectivity index (χ1) is 12.0. The minimum atomic E-state index is -3.68. The van der Waals surface area contributed by atoms with E-state index in [9.17, 15) is 8.42 Å². The molecule has 3 aromatic rings. The summed E-state index contributed by atoms with van der Waals surface area (Å²) in [6.45, 7) is 2.09. The molecule has 2 aromatic carbocycles. The monoisotopic (exact) mass is 377 g/mol. The standard InChI is InChI=1S/C17H16ClN3O3S/c1-12-6-2-3-7-13(12)17-20-16(24-21-17)10-11-19-25(22,23)15-9-5-4-8-14(15)18/h2-9,19H,10-11H2,1H3. The second-order valence-corrected chi connectivity index (χ2v) is 7.55. The highest BCUT2D eigenvalue weighted by Crippen LogP contribution is 2.21. The molecule has 0 fully saturated rings. The van der Waals surface area contributed by atoms with Crippen LogP contribution in [0.3, 0.4) is 0 Å². The van der Waals surface area contributed by atoms with Gasteiger partial charge in [-0.2, -0.15) is 4.98 Å². The van der Waals surface area contributed by atoms with Gasteiger partial charge in [0.1, 0.15) is 4.90 Å². The second kappa shape index (κ2) is 7.35. The van der Waals surface area contributed by atoms with Crippen molar-refractivity contribution >= 4 is 21.6 Å². The van der Waals surface area contributed by atoms with Crippen LogP contribution in [0, 0.1) is 6.92 Å². The van der Waals surface area contributed by atoms with Crippen molar-refractivity contribution in [2.45, 2.75) is 18.2 Å². The molecule has 0 unspecified atom stereocenters. The summed E-state index contributed by atoms with van der Waals surface area (Å²) in [7, 11) is -3.68. The Bertz CT molecular complexity index is 986. The lowest BCUT2D eigenvalue weighted by atomic mass is 10.1. The van der Waals surface area contributed by atoms with E-state index in [4.69, 9.17) is 16.1 Å². The molecule has 130 valence electrons. The van der Waals surface area contributed by atoms with Crippen molar-refractivity contribution in [3.8, 4) is 11.4 Å². The minimum Gasteiger partial charge on any atom is -0.339 e. The molecule has 0 spiro atoms. The third-order valence-corrected chi connectivity index (χ3v) is 5.57. The van der Waals surface area contributed by atoms with E-state index in [-0.39, 0.29) is 22.9 Å². The van der Waals surface area contributed by atoms with Crippen molar-refractivity contribution in [2.24, 2.45) is 0 Å². The molecule has 0 radical (unpaired) electrons. The lowest BCUT2D eigenvalue weighted by molar-refractivity contribution is 0.379. The maximum Gasteiger partial charge on any atom is 0.242 e. The Kier molecular flexibility index (Phi) is 5.17. The zero-order valence-electron chi connectivity index (χ0n) is 13.4. The molecule has 0 saturated heterocycles. The Hall–Kier alpha value is -2.22. The van der Waals surface area contributed by atoms with Crippen LogP contribution in [0.2, 0.25) is 5.02 Å². The van der Waals surface area contributed by atoms with Crippen molar-refractivity contribution in [3.63, 3.8) is 0 Å². The van der Waals surface area contributed by atoms with Gasteiger partial charge in [-0.05, 0) is 24.6 Å². The Morgan fingerprint density at radius 2 is 1.84 bits per heavy atom. The maximum absolute atomic E-state index is 12.3. The number of sulfonamides is 1. The summed E-state index contributed by atoms with van der Waals surface area (Å²) in [5, 5.41) is 4.13. The van der Waals surface area contributed by atoms with Crippen LogP contribution in [0.1, 0.15) is 11.5 Å². The smallest absolute Gasteiger partial charge is 0.242 e. The Morgan fingerprint density at radius 3 is 2.60 bits per heavy atom. The average Bonchev–Trinajstić information content (AvgIpc) is 3.04. The van der Waals surface area contributed by atoms with Crippen LogP contribution in [-0.4, -0.2) is 25.1 Å². The zero-order valence-corrected chi connectivity index (χ0v) is 15.0. The number of nitrogens with one attached hydrogen (secondary N) is 1. The third kappa shape index (κ3) is 4.07. The summed E-state index contributed by atoms with van der Waals surface area (Å²) in [4.78, 5) is 4.36. The molecule has 0 amide bonds. The highest BCUT2D eigenvalue weighted by atomic mass is 35.5. The Morgan fingerprint density at radius 1 is 1.12 bits per heavy atom. The molecule has 0 aliphatic heterocycles. The highest BCUT2D eigenvalue weighted by molar-refractivity contribution is 7.89. The number of rotatable bonds is 6. The fourth-order valence-electron chi connectivity index (χ4n) is 2.32. The predicted molar refractivity (Wildman–Crippen MR) is 94.8 cm³/mol. The van der Waals surface area contributed by atoms with Crippen LogP contribution < -0.4 is 4.72 Å². The lowest BCUT2D eigenvalue weighted by Crippen LogP contribution is -2.26. The molecule has 1 aromatic heterocycles. The van der Waals surface area contributed by atoms with E-state index in [1.165, 1.54) is 12.1 Å². The molecule has 0 atom stereocenters. The van der Waals surface area contributed by atoms with Gasteiger partial charge >= 0.3 is 0 Å². The van der Waals surface area contributed by atoms with Crippen molar-refractivity contribution < 1.29 is 12.9 Å². The normalized spacial score (nSPS) is 11.6. The summed E-state index contributed by atoms with van der Waals surface area (Å²) >= 11 is 5.93. The van der Waals surface area contributed by atoms with Crippen molar-refractivity contribution in [1.29, 1.82) is 0 Å². The van der Waals surface area contributed by atoms with Crippen LogP contribution in [0.15, 0.2) is 57.9 Å². The summed E-state index contributed by atoms with van der Waals surface area (Å²) in [5.74, 6) is 0.849. The van der Waals surface area contributed by atoms with Gasteiger partial charge in [0.15, 0.2) is 0 Å². The fraction of sp³-hybridized carbons (Fsp3) is 0.176. The van der Waals surface area contributed by atoms with Gasteiger partial charge in [-0.3, -0.25) is 0 Å². The van der Waals surface area contributed by atoms with Crippen molar-refractivity contribution in [2.75, 3.05) is 6.54 Å². The molecule has 0 bridgehead atoms. The molecule has 8 heteroatoms. The summed E-state index contributed by atoms with van der Waals surface area (Å²) in [6.07, 6.45) is 0.280. The van der Waals surface area contributed by atoms with Crippen LogP contribution in [0.5, 0.6) is 0 Å². The van der Waals surface area contributed by atoms with E-state index in [1.54, 1.807) is 12.1 Å². The van der Waals surface area contributed by atoms with Crippen LogP contribution in [0.25, 0.3) is 11.4 Å². The molecule has 3 rings (SSSR count). The first-order valence-electron chi connectivity index (χ1n) is 7.60. The van der Waals surface area contributed by atoms with Crippen molar-refractivity contribution in [1.82, 2.24) is 14.9 Å². The molecule has 1 heterocycles. The van der Waals surface area contributed by atoms with E-state index in [2.05, 4.69) is 14.9 Å². The third-order valence-electron chi connectivity index (χ3n) is 3.61. The zero-order chi connectivity index (χ0) is 17.9. The van der Waals surface area contributed by atoms with Gasteiger partial charge in [0, 0.05) is 18.5 Å². The second-order valence-electron chi connectivity index (χ2n) is 5.40. The SMILES string of the molecule is Cc1ccccc1-c1noc(CCNS(=O)(=O)c2ccccc2Cl)n1. The van der Waals surface area contributed by atoms with Gasteiger partial charge in [0.2, 0.25) is 21.7 Å². The molecule has 1 N–H and O–H groups in total. The average molecular weight is 378 g/mol. The van der Waals surface area contributed by atoms with Gasteiger partial charge in [-0.15, -0.1) is 0 Å². The number of benzene rings is 2. The van der Waals surface area contributed by atoms with Gasteiger partial charge in [0.25, 0.3) is 0 Å². The summed E-state index contributed by atoms with van der Waals surface area (Å²) < 4.78 is 32.2. The number of nitrogens with zero attached hydrogens (tertiary/aromatic N) is 2. The molecule has 0 saturated carbocycles.